The lowest BCUT2D eigenvalue weighted by Crippen LogP contribution is -2.11. The SMILES string of the molecule is CCCc1c[c]c2c3c(C(N)=O)cccc3n(Cc3ccc(F)cc3F)c2c1. The van der Waals surface area contributed by atoms with Gasteiger partial charge in [-0.3, -0.25) is 4.79 Å². The fraction of sp³-hybridized carbons (Fsp3) is 0.174. The van der Waals surface area contributed by atoms with Gasteiger partial charge in [-0.05, 0) is 42.3 Å². The van der Waals surface area contributed by atoms with Gasteiger partial charge in [-0.2, -0.15) is 0 Å². The zero-order valence-corrected chi connectivity index (χ0v) is 15.4. The van der Waals surface area contributed by atoms with Crippen molar-refractivity contribution in [3.05, 3.63) is 82.9 Å². The number of nitrogens with two attached hydrogens (primary N) is 1. The number of primary amides is 1. The average molecular weight is 377 g/mol. The molecule has 0 atom stereocenters. The summed E-state index contributed by atoms with van der Waals surface area (Å²) < 4.78 is 29.6. The number of aromatic nitrogens is 1. The molecule has 0 aliphatic carbocycles. The van der Waals surface area contributed by atoms with Crippen LogP contribution in [0.25, 0.3) is 21.8 Å². The summed E-state index contributed by atoms with van der Waals surface area (Å²) in [5.41, 5.74) is 9.08. The Hall–Kier alpha value is -3.21. The molecule has 0 spiro atoms. The fourth-order valence-corrected chi connectivity index (χ4v) is 3.73. The summed E-state index contributed by atoms with van der Waals surface area (Å²) in [4.78, 5) is 12.0. The van der Waals surface area contributed by atoms with Crippen LogP contribution in [0.2, 0.25) is 0 Å². The summed E-state index contributed by atoms with van der Waals surface area (Å²) in [7, 11) is 0. The van der Waals surface area contributed by atoms with Crippen molar-refractivity contribution in [2.75, 3.05) is 0 Å². The molecule has 5 heteroatoms. The maximum atomic E-state index is 14.3. The van der Waals surface area contributed by atoms with Gasteiger partial charge in [0.25, 0.3) is 0 Å². The van der Waals surface area contributed by atoms with Crippen molar-refractivity contribution in [3.8, 4) is 0 Å². The first-order valence-electron chi connectivity index (χ1n) is 9.19. The summed E-state index contributed by atoms with van der Waals surface area (Å²) in [6.07, 6.45) is 1.88. The molecule has 3 aromatic carbocycles. The van der Waals surface area contributed by atoms with Gasteiger partial charge in [0.1, 0.15) is 11.6 Å². The largest absolute Gasteiger partial charge is 0.366 e. The first-order valence-corrected chi connectivity index (χ1v) is 9.19. The van der Waals surface area contributed by atoms with Crippen LogP contribution in [0.3, 0.4) is 0 Å². The minimum absolute atomic E-state index is 0.206. The summed E-state index contributed by atoms with van der Waals surface area (Å²) >= 11 is 0. The highest BCUT2D eigenvalue weighted by molar-refractivity contribution is 6.17. The number of carbonyl (C=O) groups excluding carboxylic acids is 1. The number of hydrogen-bond donors (Lipinski definition) is 1. The molecule has 28 heavy (non-hydrogen) atoms. The second-order valence-corrected chi connectivity index (χ2v) is 6.90. The quantitative estimate of drug-likeness (QED) is 0.524. The third-order valence-electron chi connectivity index (χ3n) is 5.00. The lowest BCUT2D eigenvalue weighted by molar-refractivity contribution is 0.100. The topological polar surface area (TPSA) is 48.0 Å². The monoisotopic (exact) mass is 377 g/mol. The predicted octanol–water partition coefficient (Wildman–Crippen LogP) is 4.97. The molecule has 3 nitrogen and oxygen atoms in total. The lowest BCUT2D eigenvalue weighted by Gasteiger charge is -2.10. The maximum absolute atomic E-state index is 14.3. The van der Waals surface area contributed by atoms with Gasteiger partial charge in [-0.15, -0.1) is 0 Å². The third-order valence-corrected chi connectivity index (χ3v) is 5.00. The van der Waals surface area contributed by atoms with Crippen molar-refractivity contribution in [2.24, 2.45) is 5.73 Å². The zero-order chi connectivity index (χ0) is 19.8. The first-order chi connectivity index (χ1) is 13.5. The summed E-state index contributed by atoms with van der Waals surface area (Å²) in [6, 6.07) is 16.1. The molecule has 2 N–H and O–H groups in total. The fourth-order valence-electron chi connectivity index (χ4n) is 3.73. The number of fused-ring (bicyclic) bond motifs is 3. The molecular formula is C23H19F2N2O. The van der Waals surface area contributed by atoms with E-state index in [-0.39, 0.29) is 6.54 Å². The highest BCUT2D eigenvalue weighted by Crippen LogP contribution is 2.33. The van der Waals surface area contributed by atoms with E-state index in [1.165, 1.54) is 12.1 Å². The molecule has 4 rings (SSSR count). The van der Waals surface area contributed by atoms with Crippen LogP contribution >= 0.6 is 0 Å². The normalized spacial score (nSPS) is 11.4. The Morgan fingerprint density at radius 1 is 1.14 bits per heavy atom. The average Bonchev–Trinajstić information content (AvgIpc) is 2.97. The van der Waals surface area contributed by atoms with Gasteiger partial charge < -0.3 is 10.3 Å². The van der Waals surface area contributed by atoms with Gasteiger partial charge in [-0.25, -0.2) is 8.78 Å². The molecular weight excluding hydrogens is 358 g/mol. The van der Waals surface area contributed by atoms with Crippen LogP contribution in [-0.4, -0.2) is 10.5 Å². The molecule has 0 aliphatic rings. The number of rotatable bonds is 5. The molecule has 0 bridgehead atoms. The molecule has 0 fully saturated rings. The maximum Gasteiger partial charge on any atom is 0.249 e. The predicted molar refractivity (Wildman–Crippen MR) is 106 cm³/mol. The second kappa shape index (κ2) is 7.08. The van der Waals surface area contributed by atoms with E-state index in [1.807, 2.05) is 22.8 Å². The van der Waals surface area contributed by atoms with Gasteiger partial charge in [0.05, 0.1) is 17.6 Å². The Labute approximate surface area is 161 Å². The van der Waals surface area contributed by atoms with Crippen LogP contribution in [0.1, 0.15) is 34.8 Å². The molecule has 0 unspecified atom stereocenters. The van der Waals surface area contributed by atoms with Crippen molar-refractivity contribution in [2.45, 2.75) is 26.3 Å². The van der Waals surface area contributed by atoms with E-state index in [0.717, 1.165) is 40.9 Å². The van der Waals surface area contributed by atoms with Crippen LogP contribution in [-0.2, 0) is 13.0 Å². The van der Waals surface area contributed by atoms with Gasteiger partial charge >= 0.3 is 0 Å². The minimum Gasteiger partial charge on any atom is -0.366 e. The second-order valence-electron chi connectivity index (χ2n) is 6.90. The van der Waals surface area contributed by atoms with Crippen LogP contribution in [0.4, 0.5) is 8.78 Å². The third kappa shape index (κ3) is 3.03. The van der Waals surface area contributed by atoms with E-state index in [0.29, 0.717) is 16.5 Å². The minimum atomic E-state index is -0.613. The van der Waals surface area contributed by atoms with E-state index in [2.05, 4.69) is 13.0 Å². The standard InChI is InChI=1S/C23H19F2N2O/c1-2-4-14-7-10-17-21(11-14)27(13-15-8-9-16(24)12-19(15)25)20-6-3-5-18(22(17)20)23(26)28/h3,5-9,11-12H,2,4,13H2,1H3,(H2,26,28). The van der Waals surface area contributed by atoms with Crippen molar-refractivity contribution in [3.63, 3.8) is 0 Å². The molecule has 4 aromatic rings. The van der Waals surface area contributed by atoms with Crippen LogP contribution < -0.4 is 5.73 Å². The Bertz CT molecular complexity index is 1210. The molecule has 0 saturated carbocycles. The number of amides is 1. The Balaban J connectivity index is 2.02. The smallest absolute Gasteiger partial charge is 0.249 e. The van der Waals surface area contributed by atoms with E-state index in [9.17, 15) is 13.6 Å². The van der Waals surface area contributed by atoms with Gasteiger partial charge in [0.2, 0.25) is 5.91 Å². The highest BCUT2D eigenvalue weighted by atomic mass is 19.1. The van der Waals surface area contributed by atoms with Crippen molar-refractivity contribution in [1.29, 1.82) is 0 Å². The summed E-state index contributed by atoms with van der Waals surface area (Å²) in [6.45, 7) is 2.30. The lowest BCUT2D eigenvalue weighted by atomic mass is 10.0. The van der Waals surface area contributed by atoms with E-state index >= 15 is 0 Å². The van der Waals surface area contributed by atoms with Crippen LogP contribution in [0.5, 0.6) is 0 Å². The van der Waals surface area contributed by atoms with Crippen LogP contribution in [0, 0.1) is 17.7 Å². The van der Waals surface area contributed by atoms with Crippen molar-refractivity contribution in [1.82, 2.24) is 4.57 Å². The Kier molecular flexibility index (Phi) is 4.59. The number of aryl methyl sites for hydroxylation is 1. The molecule has 0 saturated heterocycles. The first kappa shape index (κ1) is 18.2. The van der Waals surface area contributed by atoms with Gasteiger partial charge in [0.15, 0.2) is 0 Å². The van der Waals surface area contributed by atoms with Gasteiger partial charge in [-0.1, -0.05) is 31.5 Å². The number of nitrogens with zero attached hydrogens (tertiary/aromatic N) is 1. The van der Waals surface area contributed by atoms with E-state index in [1.54, 1.807) is 12.1 Å². The van der Waals surface area contributed by atoms with E-state index in [4.69, 9.17) is 5.73 Å². The molecule has 1 aromatic heterocycles. The summed E-state index contributed by atoms with van der Waals surface area (Å²) in [5.74, 6) is -1.74. The highest BCUT2D eigenvalue weighted by Gasteiger charge is 2.18. The Morgan fingerprint density at radius 3 is 2.68 bits per heavy atom. The zero-order valence-electron chi connectivity index (χ0n) is 15.4. The van der Waals surface area contributed by atoms with Crippen molar-refractivity contribution >= 4 is 27.7 Å². The van der Waals surface area contributed by atoms with Crippen molar-refractivity contribution < 1.29 is 13.6 Å². The van der Waals surface area contributed by atoms with Gasteiger partial charge in [0, 0.05) is 28.0 Å². The number of carbonyl (C=O) groups is 1. The van der Waals surface area contributed by atoms with E-state index < -0.39 is 17.5 Å². The molecule has 1 heterocycles. The molecule has 0 aliphatic heterocycles. The molecule has 141 valence electrons. The van der Waals surface area contributed by atoms with Crippen LogP contribution in [0.15, 0.2) is 48.5 Å². The molecule has 1 radical (unpaired) electrons. The number of hydrogen-bond acceptors (Lipinski definition) is 1. The molecule has 1 amide bonds. The Morgan fingerprint density at radius 2 is 1.96 bits per heavy atom. The number of halogens is 2. The number of benzene rings is 3. The summed E-state index contributed by atoms with van der Waals surface area (Å²) in [5, 5.41) is 1.47.